The van der Waals surface area contributed by atoms with Crippen LogP contribution in [0.15, 0.2) is 154 Å². The number of rotatable bonds is 23. The molecule has 0 radical (unpaired) electrons. The van der Waals surface area contributed by atoms with E-state index in [0.717, 1.165) is 24.3 Å². The van der Waals surface area contributed by atoms with Crippen LogP contribution in [0.25, 0.3) is 27.2 Å². The van der Waals surface area contributed by atoms with Gasteiger partial charge >= 0.3 is 11.7 Å². The topological polar surface area (TPSA) is 728 Å². The number of carbonyl (C=O) groups is 1. The Morgan fingerprint density at radius 3 is 1.56 bits per heavy atom. The number of nitro groups is 1. The van der Waals surface area contributed by atoms with Crippen molar-refractivity contribution in [3.05, 3.63) is 99.7 Å². The van der Waals surface area contributed by atoms with E-state index in [9.17, 15) is 135 Å². The summed E-state index contributed by atoms with van der Waals surface area (Å²) in [5.74, 6) is -8.40. The molecule has 0 unspecified atom stereocenters. The fraction of sp³-hybridized carbons (Fsp3) is 0.0667. The SMILES string of the molecule is Nc1c(N=Nc2ccc3c(O)c(N=Nc4cc(N=Nc5c(C(=O)O)nn(-c6ccc(S(=O)(=O)O)cc6)c5O)c(S(=O)(=O)O)cc4Cl)c(S(=O)(=O)O)cc3c2S(=O)(=O)O)cc(S(=O)(=O)O)c2cc(S(=O)(=O)O)c(N=Nc3cc(S(=O)(=O)O)cc([N+](=O)[O-])c3OCCCS(=O)(=O)O)c(O)c12. The molecule has 0 saturated carbocycles. The fourth-order valence-corrected chi connectivity index (χ4v) is 13.7. The minimum atomic E-state index is -5.89. The first-order valence-electron chi connectivity index (χ1n) is 24.7. The maximum Gasteiger partial charge on any atom is 0.358 e. The third-order valence-electron chi connectivity index (χ3n) is 12.6. The Bertz CT molecular complexity index is 5940. The van der Waals surface area contributed by atoms with E-state index < -0.39 is 257 Å². The molecule has 0 amide bonds. The van der Waals surface area contributed by atoms with Crippen LogP contribution < -0.4 is 10.5 Å². The summed E-state index contributed by atoms with van der Waals surface area (Å²) in [5, 5.41) is 83.0. The van der Waals surface area contributed by atoms with Crippen molar-refractivity contribution in [3.8, 4) is 28.8 Å². The number of nitrogen functional groups attached to an aromatic ring is 1. The molecule has 0 fully saturated rings. The van der Waals surface area contributed by atoms with Crippen LogP contribution in [0.2, 0.25) is 5.02 Å². The van der Waals surface area contributed by atoms with E-state index in [-0.39, 0.29) is 36.0 Å². The number of phenols is 2. The van der Waals surface area contributed by atoms with Crippen LogP contribution in [0.1, 0.15) is 16.9 Å². The molecule has 8 rings (SSSR count). The summed E-state index contributed by atoms with van der Waals surface area (Å²) in [4.78, 5) is 13.4. The van der Waals surface area contributed by atoms with Gasteiger partial charge in [0, 0.05) is 22.2 Å². The van der Waals surface area contributed by atoms with Crippen molar-refractivity contribution in [3.63, 3.8) is 0 Å². The van der Waals surface area contributed by atoms with Gasteiger partial charge < -0.3 is 30.9 Å². The fourth-order valence-electron chi connectivity index (χ4n) is 8.51. The van der Waals surface area contributed by atoms with Crippen LogP contribution in [0.3, 0.4) is 0 Å². The molecule has 0 aliphatic carbocycles. The lowest BCUT2D eigenvalue weighted by molar-refractivity contribution is -0.386. The van der Waals surface area contributed by atoms with E-state index in [0.29, 0.717) is 28.9 Å². The van der Waals surface area contributed by atoms with Crippen molar-refractivity contribution < 1.29 is 139 Å². The maximum absolute atomic E-state index is 13.2. The number of hydrogen-bond donors (Lipinski definition) is 13. The van der Waals surface area contributed by atoms with E-state index in [1.165, 1.54) is 0 Å². The third kappa shape index (κ3) is 15.7. The zero-order valence-electron chi connectivity index (χ0n) is 46.8. The van der Waals surface area contributed by atoms with Crippen LogP contribution in [0.5, 0.6) is 23.1 Å². The van der Waals surface area contributed by atoms with Crippen molar-refractivity contribution >= 4 is 177 Å². The number of anilines is 1. The molecule has 98 heavy (non-hydrogen) atoms. The van der Waals surface area contributed by atoms with Gasteiger partial charge in [-0.2, -0.15) is 77.1 Å². The summed E-state index contributed by atoms with van der Waals surface area (Å²) >= 11 is 6.23. The Morgan fingerprint density at radius 2 is 1.04 bits per heavy atom. The van der Waals surface area contributed by atoms with Gasteiger partial charge in [0.05, 0.1) is 44.0 Å². The summed E-state index contributed by atoms with van der Waals surface area (Å²) in [5.41, 5.74) is -6.82. The molecule has 7 aromatic carbocycles. The normalized spacial score (nSPS) is 13.3. The number of nitro benzene ring substituents is 1. The highest BCUT2D eigenvalue weighted by molar-refractivity contribution is 7.88. The van der Waals surface area contributed by atoms with Gasteiger partial charge in [0.1, 0.15) is 69.2 Å². The number of carboxylic acids is 1. The minimum absolute atomic E-state index is 0.158. The lowest BCUT2D eigenvalue weighted by Crippen LogP contribution is -2.09. The van der Waals surface area contributed by atoms with E-state index in [2.05, 4.69) is 46.0 Å². The van der Waals surface area contributed by atoms with Gasteiger partial charge in [0.15, 0.2) is 17.2 Å². The molecule has 8 aromatic rings. The molecule has 520 valence electrons. The average Bonchev–Trinajstić information content (AvgIpc) is 1.04. The molecule has 0 atom stereocenters. The van der Waals surface area contributed by atoms with Gasteiger partial charge in [0.25, 0.3) is 80.9 Å². The highest BCUT2D eigenvalue weighted by Crippen LogP contribution is 2.51. The molecule has 1 heterocycles. The van der Waals surface area contributed by atoms with E-state index in [4.69, 9.17) is 26.6 Å². The first-order chi connectivity index (χ1) is 44.9. The summed E-state index contributed by atoms with van der Waals surface area (Å²) < 4.78 is 285. The van der Waals surface area contributed by atoms with Crippen molar-refractivity contribution in [2.75, 3.05) is 18.1 Å². The molecule has 14 N–H and O–H groups in total. The van der Waals surface area contributed by atoms with Crippen LogP contribution in [-0.2, 0) is 80.9 Å². The smallest absolute Gasteiger partial charge is 0.358 e. The number of azo groups is 4. The number of phenolic OH excluding ortho intramolecular Hbond substituents is 2. The Labute approximate surface area is 550 Å². The van der Waals surface area contributed by atoms with E-state index >= 15 is 0 Å². The maximum atomic E-state index is 13.2. The minimum Gasteiger partial charge on any atom is -0.505 e. The Hall–Kier alpha value is -9.89. The number of hydrogen-bond acceptors (Lipinski definition) is 33. The predicted octanol–water partition coefficient (Wildman–Crippen LogP) is 7.18. The Balaban J connectivity index is 1.27. The molecule has 1 aromatic heterocycles. The zero-order valence-corrected chi connectivity index (χ0v) is 54.1. The van der Waals surface area contributed by atoms with Crippen molar-refractivity contribution in [2.24, 2.45) is 40.9 Å². The molecule has 44 nitrogen and oxygen atoms in total. The zero-order chi connectivity index (χ0) is 73.3. The number of halogens is 1. The molecule has 0 spiro atoms. The predicted molar refractivity (Wildman–Crippen MR) is 324 cm³/mol. The largest absolute Gasteiger partial charge is 0.505 e. The van der Waals surface area contributed by atoms with Gasteiger partial charge in [-0.3, -0.25) is 46.5 Å². The summed E-state index contributed by atoms with van der Waals surface area (Å²) in [7, 11) is -43.7. The molecule has 53 heteroatoms. The second-order valence-corrected chi connectivity index (χ2v) is 30.8. The van der Waals surface area contributed by atoms with Gasteiger partial charge in [-0.15, -0.1) is 40.9 Å². The number of nitrogens with zero attached hydrogens (tertiary/aromatic N) is 11. The highest BCUT2D eigenvalue weighted by Gasteiger charge is 2.33. The lowest BCUT2D eigenvalue weighted by Gasteiger charge is -2.15. The van der Waals surface area contributed by atoms with Crippen molar-refractivity contribution in [1.29, 1.82) is 0 Å². The summed E-state index contributed by atoms with van der Waals surface area (Å²) in [6.45, 7) is -0.867. The summed E-state index contributed by atoms with van der Waals surface area (Å²) in [6.07, 6.45) is -0.641. The van der Waals surface area contributed by atoms with E-state index in [1.54, 1.807) is 0 Å². The monoisotopic (exact) mass is 1540 g/mol. The highest BCUT2D eigenvalue weighted by atomic mass is 35.5. The van der Waals surface area contributed by atoms with Crippen LogP contribution >= 0.6 is 11.6 Å². The molecule has 0 aliphatic heterocycles. The molecule has 0 bridgehead atoms. The molecule has 0 saturated heterocycles. The molecular formula is C45H33ClN12O32S8. The van der Waals surface area contributed by atoms with Gasteiger partial charge in [0.2, 0.25) is 17.3 Å². The van der Waals surface area contributed by atoms with Crippen molar-refractivity contribution in [1.82, 2.24) is 9.78 Å². The van der Waals surface area contributed by atoms with Crippen molar-refractivity contribution in [2.45, 2.75) is 40.7 Å². The van der Waals surface area contributed by atoms with Crippen LogP contribution in [-0.4, -0.2) is 157 Å². The first kappa shape index (κ1) is 73.9. The number of fused-ring (bicyclic) bond motifs is 2. The number of ether oxygens (including phenoxy) is 1. The number of benzene rings is 7. The van der Waals surface area contributed by atoms with Crippen LogP contribution in [0.4, 0.5) is 56.9 Å². The number of nitrogens with two attached hydrogens (primary N) is 1. The Kier molecular flexibility index (Phi) is 19.7. The number of carboxylic acid groups (broad SMARTS) is 1. The first-order valence-corrected chi connectivity index (χ1v) is 36.8. The standard InChI is InChI=1S/C45H33ClN12O32S8/c46-23-14-31(95(78,79)80)26(50-55-38-39(45(62)63)56-57(44(38)61)17-2-4-18(5-3-17)92(69,70)71)15-25(23)49-53-36-32(96(81,82)83)12-21-20(40(36)59)6-7-24(43(21)98(87,88)89)48-51-27-16-30(94(75,76)77)22-13-33(97(84,85)86)37(41(60)34(22)35(27)47)54-52-28-10-19(93(72,73)74)11-29(58(64)65)42(28)90-8-1-9-91(66,67)68/h2-7,10-16,59-61H,1,8-9,47H2,(H,62,63)(H,66,67,68)(H,69,70,71)(H,72,73,74)(H,75,76,77)(H,78,79,80)(H,81,82,83)(H,84,85,86)(H,87,88,89). The van der Waals surface area contributed by atoms with E-state index in [1.807, 2.05) is 0 Å². The number of aromatic nitrogens is 2. The quantitative estimate of drug-likeness (QED) is 0.00752. The second kappa shape index (κ2) is 26.2. The number of aromatic carboxylic acids is 1. The molecular weight excluding hydrogens is 1510 g/mol. The van der Waals surface area contributed by atoms with Gasteiger partial charge in [-0.05, 0) is 79.2 Å². The molecule has 0 aliphatic rings. The lowest BCUT2D eigenvalue weighted by atomic mass is 10.0. The number of aromatic hydroxyl groups is 3. The third-order valence-corrected chi connectivity index (χ3v) is 19.9. The Morgan fingerprint density at radius 1 is 0.531 bits per heavy atom. The summed E-state index contributed by atoms with van der Waals surface area (Å²) in [6, 6.07) is 6.76. The second-order valence-electron chi connectivity index (χ2n) is 19.0. The van der Waals surface area contributed by atoms with Gasteiger partial charge in [-0.1, -0.05) is 11.6 Å². The van der Waals surface area contributed by atoms with Gasteiger partial charge in [-0.25, -0.2) is 4.79 Å². The average molecular weight is 1550 g/mol. The van der Waals surface area contributed by atoms with Crippen LogP contribution in [0, 0.1) is 10.1 Å².